The third-order valence-corrected chi connectivity index (χ3v) is 4.64. The van der Waals surface area contributed by atoms with Gasteiger partial charge in [0.15, 0.2) is 0 Å². The fourth-order valence-electron chi connectivity index (χ4n) is 3.60. The third-order valence-electron chi connectivity index (χ3n) is 4.64. The molecule has 0 bridgehead atoms. The van der Waals surface area contributed by atoms with Crippen LogP contribution in [0.25, 0.3) is 0 Å². The summed E-state index contributed by atoms with van der Waals surface area (Å²) in [4.78, 5) is 6.72. The van der Waals surface area contributed by atoms with E-state index in [-0.39, 0.29) is 0 Å². The molecule has 1 aliphatic carbocycles. The molecule has 1 fully saturated rings. The molecule has 2 atom stereocenters. The summed E-state index contributed by atoms with van der Waals surface area (Å²) in [6.07, 6.45) is 7.02. The molecule has 0 radical (unpaired) electrons. The number of nitrogens with one attached hydrogen (secondary N) is 1. The summed E-state index contributed by atoms with van der Waals surface area (Å²) in [5.74, 6) is 1.67. The topological polar surface area (TPSA) is 28.2 Å². The van der Waals surface area contributed by atoms with Crippen molar-refractivity contribution in [2.45, 2.75) is 31.7 Å². The number of benzene rings is 1. The number of hydrogen-bond acceptors (Lipinski definition) is 3. The highest BCUT2D eigenvalue weighted by molar-refractivity contribution is 5.56. The molecule has 22 heavy (non-hydrogen) atoms. The first-order valence-electron chi connectivity index (χ1n) is 8.16. The van der Waals surface area contributed by atoms with Crippen LogP contribution in [-0.4, -0.2) is 30.0 Å². The minimum Gasteiger partial charge on any atom is -0.340 e. The summed E-state index contributed by atoms with van der Waals surface area (Å²) in [5.41, 5.74) is 2.54. The van der Waals surface area contributed by atoms with Crippen molar-refractivity contribution in [2.75, 3.05) is 19.4 Å². The van der Waals surface area contributed by atoms with Crippen molar-refractivity contribution in [3.63, 3.8) is 0 Å². The van der Waals surface area contributed by atoms with Gasteiger partial charge in [-0.15, -0.1) is 0 Å². The van der Waals surface area contributed by atoms with Crippen LogP contribution in [0.3, 0.4) is 0 Å². The van der Waals surface area contributed by atoms with Crippen LogP contribution in [0.5, 0.6) is 0 Å². The number of rotatable bonds is 5. The van der Waals surface area contributed by atoms with Gasteiger partial charge in [-0.2, -0.15) is 0 Å². The molecule has 3 nitrogen and oxygen atoms in total. The molecule has 1 N–H and O–H groups in total. The van der Waals surface area contributed by atoms with Crippen molar-refractivity contribution in [3.05, 3.63) is 54.2 Å². The maximum absolute atomic E-state index is 4.32. The molecule has 0 saturated heterocycles. The Kier molecular flexibility index (Phi) is 4.74. The quantitative estimate of drug-likeness (QED) is 0.900. The summed E-state index contributed by atoms with van der Waals surface area (Å²) < 4.78 is 0. The largest absolute Gasteiger partial charge is 0.340 e. The normalized spacial score (nSPS) is 21.2. The van der Waals surface area contributed by atoms with Crippen molar-refractivity contribution < 1.29 is 0 Å². The summed E-state index contributed by atoms with van der Waals surface area (Å²) in [6, 6.07) is 15.4. The van der Waals surface area contributed by atoms with Crippen molar-refractivity contribution in [1.82, 2.24) is 9.88 Å². The highest BCUT2D eigenvalue weighted by atomic mass is 15.1. The average Bonchev–Trinajstić information content (AvgIpc) is 2.97. The van der Waals surface area contributed by atoms with Gasteiger partial charge in [0.2, 0.25) is 0 Å². The van der Waals surface area contributed by atoms with E-state index in [2.05, 4.69) is 53.6 Å². The molecule has 2 unspecified atom stereocenters. The van der Waals surface area contributed by atoms with Gasteiger partial charge in [-0.3, -0.25) is 0 Å². The number of nitrogens with zero attached hydrogens (tertiary/aromatic N) is 2. The standard InChI is InChI=1S/C19H25N3/c1-22(2)18-10-6-8-16(18)13-15-7-5-9-17(14-15)21-19-11-3-4-12-20-19/h3-5,7,9,11-12,14,16,18H,6,8,10,13H2,1-2H3,(H,20,21). The van der Waals surface area contributed by atoms with Crippen molar-refractivity contribution in [1.29, 1.82) is 0 Å². The van der Waals surface area contributed by atoms with E-state index in [1.165, 1.54) is 31.2 Å². The van der Waals surface area contributed by atoms with Crippen LogP contribution in [0.15, 0.2) is 48.7 Å². The Bertz CT molecular complexity index is 595. The number of pyridine rings is 1. The van der Waals surface area contributed by atoms with E-state index < -0.39 is 0 Å². The van der Waals surface area contributed by atoms with E-state index in [4.69, 9.17) is 0 Å². The molecule has 1 aliphatic rings. The SMILES string of the molecule is CN(C)C1CCCC1Cc1cccc(Nc2ccccn2)c1. The average molecular weight is 295 g/mol. The number of aromatic nitrogens is 1. The van der Waals surface area contributed by atoms with Crippen molar-refractivity contribution >= 4 is 11.5 Å². The molecular weight excluding hydrogens is 270 g/mol. The van der Waals surface area contributed by atoms with Gasteiger partial charge in [-0.1, -0.05) is 24.6 Å². The lowest BCUT2D eigenvalue weighted by Gasteiger charge is -2.26. The number of anilines is 2. The second kappa shape index (κ2) is 6.93. The van der Waals surface area contributed by atoms with Crippen LogP contribution in [0.1, 0.15) is 24.8 Å². The molecular formula is C19H25N3. The maximum atomic E-state index is 4.32. The Morgan fingerprint density at radius 3 is 2.82 bits per heavy atom. The van der Waals surface area contributed by atoms with Crippen LogP contribution in [-0.2, 0) is 6.42 Å². The van der Waals surface area contributed by atoms with Crippen LogP contribution in [0.4, 0.5) is 11.5 Å². The Hall–Kier alpha value is -1.87. The molecule has 1 saturated carbocycles. The molecule has 3 rings (SSSR count). The fraction of sp³-hybridized carbons (Fsp3) is 0.421. The smallest absolute Gasteiger partial charge is 0.130 e. The minimum atomic E-state index is 0.729. The number of hydrogen-bond donors (Lipinski definition) is 1. The molecule has 2 aromatic rings. The second-order valence-corrected chi connectivity index (χ2v) is 6.47. The summed E-state index contributed by atoms with van der Waals surface area (Å²) in [7, 11) is 4.42. The molecule has 0 aliphatic heterocycles. The molecule has 116 valence electrons. The molecule has 1 heterocycles. The van der Waals surface area contributed by atoms with E-state index in [0.717, 1.165) is 23.5 Å². The minimum absolute atomic E-state index is 0.729. The zero-order chi connectivity index (χ0) is 15.4. The first-order valence-corrected chi connectivity index (χ1v) is 8.16. The van der Waals surface area contributed by atoms with Gasteiger partial charge in [0.25, 0.3) is 0 Å². The Morgan fingerprint density at radius 1 is 1.14 bits per heavy atom. The predicted octanol–water partition coefficient (Wildman–Crippen LogP) is 4.10. The lowest BCUT2D eigenvalue weighted by molar-refractivity contribution is 0.236. The maximum Gasteiger partial charge on any atom is 0.130 e. The summed E-state index contributed by atoms with van der Waals surface area (Å²) >= 11 is 0. The van der Waals surface area contributed by atoms with E-state index in [0.29, 0.717) is 0 Å². The van der Waals surface area contributed by atoms with Gasteiger partial charge in [0.05, 0.1) is 0 Å². The second-order valence-electron chi connectivity index (χ2n) is 6.47. The highest BCUT2D eigenvalue weighted by Crippen LogP contribution is 2.32. The third kappa shape index (κ3) is 3.66. The first kappa shape index (κ1) is 15.0. The van der Waals surface area contributed by atoms with E-state index in [1.54, 1.807) is 0 Å². The van der Waals surface area contributed by atoms with E-state index >= 15 is 0 Å². The zero-order valence-corrected chi connectivity index (χ0v) is 13.5. The molecule has 0 spiro atoms. The predicted molar refractivity (Wildman–Crippen MR) is 92.5 cm³/mol. The monoisotopic (exact) mass is 295 g/mol. The highest BCUT2D eigenvalue weighted by Gasteiger charge is 2.28. The first-order chi connectivity index (χ1) is 10.7. The van der Waals surface area contributed by atoms with Gasteiger partial charge < -0.3 is 10.2 Å². The van der Waals surface area contributed by atoms with Crippen molar-refractivity contribution in [3.8, 4) is 0 Å². The fourth-order valence-corrected chi connectivity index (χ4v) is 3.60. The van der Waals surface area contributed by atoms with E-state index in [9.17, 15) is 0 Å². The van der Waals surface area contributed by atoms with Gasteiger partial charge in [-0.05, 0) is 69.1 Å². The Labute approximate surface area is 133 Å². The van der Waals surface area contributed by atoms with Crippen molar-refractivity contribution in [2.24, 2.45) is 5.92 Å². The Balaban J connectivity index is 1.69. The molecule has 1 aromatic heterocycles. The van der Waals surface area contributed by atoms with Gasteiger partial charge in [0.1, 0.15) is 5.82 Å². The summed E-state index contributed by atoms with van der Waals surface area (Å²) in [5, 5.41) is 3.38. The molecule has 3 heteroatoms. The van der Waals surface area contributed by atoms with Crippen LogP contribution < -0.4 is 5.32 Å². The van der Waals surface area contributed by atoms with E-state index in [1.807, 2.05) is 24.4 Å². The Morgan fingerprint density at radius 2 is 2.05 bits per heavy atom. The van der Waals surface area contributed by atoms with Crippen LogP contribution >= 0.6 is 0 Å². The van der Waals surface area contributed by atoms with Crippen LogP contribution in [0.2, 0.25) is 0 Å². The molecule has 1 aromatic carbocycles. The summed E-state index contributed by atoms with van der Waals surface area (Å²) in [6.45, 7) is 0. The lowest BCUT2D eigenvalue weighted by Crippen LogP contribution is -2.32. The van der Waals surface area contributed by atoms with Gasteiger partial charge in [0, 0.05) is 17.9 Å². The van der Waals surface area contributed by atoms with Crippen LogP contribution in [0, 0.1) is 5.92 Å². The molecule has 0 amide bonds. The zero-order valence-electron chi connectivity index (χ0n) is 13.5. The van der Waals surface area contributed by atoms with Gasteiger partial charge >= 0.3 is 0 Å². The van der Waals surface area contributed by atoms with Gasteiger partial charge in [-0.25, -0.2) is 4.98 Å². The lowest BCUT2D eigenvalue weighted by atomic mass is 9.94.